The highest BCUT2D eigenvalue weighted by Gasteiger charge is 2.16. The van der Waals surface area contributed by atoms with Crippen molar-refractivity contribution in [2.24, 2.45) is 0 Å². The SMILES string of the molecule is CCN(CC)CCCNC(C)C(O)c1cccs1. The molecule has 0 bridgehead atoms. The van der Waals surface area contributed by atoms with Crippen LogP contribution < -0.4 is 5.32 Å². The Balaban J connectivity index is 2.19. The lowest BCUT2D eigenvalue weighted by atomic mass is 10.1. The third kappa shape index (κ3) is 5.06. The maximum absolute atomic E-state index is 10.1. The minimum atomic E-state index is -0.390. The van der Waals surface area contributed by atoms with Crippen LogP contribution in [0.15, 0.2) is 17.5 Å². The van der Waals surface area contributed by atoms with Gasteiger partial charge in [-0.2, -0.15) is 0 Å². The zero-order chi connectivity index (χ0) is 13.4. The summed E-state index contributed by atoms with van der Waals surface area (Å²) >= 11 is 1.61. The molecule has 2 atom stereocenters. The van der Waals surface area contributed by atoms with Gasteiger partial charge in [0.25, 0.3) is 0 Å². The van der Waals surface area contributed by atoms with Crippen molar-refractivity contribution < 1.29 is 5.11 Å². The summed E-state index contributed by atoms with van der Waals surface area (Å²) in [5.41, 5.74) is 0. The molecular weight excluding hydrogens is 244 g/mol. The molecule has 1 aromatic heterocycles. The molecule has 104 valence electrons. The summed E-state index contributed by atoms with van der Waals surface area (Å²) in [5.74, 6) is 0. The quantitative estimate of drug-likeness (QED) is 0.677. The smallest absolute Gasteiger partial charge is 0.103 e. The second kappa shape index (κ2) is 8.64. The van der Waals surface area contributed by atoms with Crippen LogP contribution in [0.1, 0.15) is 38.2 Å². The van der Waals surface area contributed by atoms with E-state index in [1.165, 1.54) is 0 Å². The summed E-state index contributed by atoms with van der Waals surface area (Å²) in [6.45, 7) is 10.7. The Morgan fingerprint density at radius 1 is 1.39 bits per heavy atom. The van der Waals surface area contributed by atoms with E-state index in [-0.39, 0.29) is 6.04 Å². The molecule has 3 nitrogen and oxygen atoms in total. The lowest BCUT2D eigenvalue weighted by molar-refractivity contribution is 0.138. The number of hydrogen-bond donors (Lipinski definition) is 2. The minimum Gasteiger partial charge on any atom is -0.386 e. The van der Waals surface area contributed by atoms with Crippen molar-refractivity contribution in [3.8, 4) is 0 Å². The van der Waals surface area contributed by atoms with Crippen LogP contribution in [0, 0.1) is 0 Å². The lowest BCUT2D eigenvalue weighted by Crippen LogP contribution is -2.34. The van der Waals surface area contributed by atoms with Crippen molar-refractivity contribution in [2.75, 3.05) is 26.2 Å². The Kier molecular flexibility index (Phi) is 7.51. The van der Waals surface area contributed by atoms with Gasteiger partial charge in [-0.1, -0.05) is 19.9 Å². The molecule has 0 fully saturated rings. The number of nitrogens with one attached hydrogen (secondary N) is 1. The summed E-state index contributed by atoms with van der Waals surface area (Å²) in [7, 11) is 0. The molecule has 2 N–H and O–H groups in total. The van der Waals surface area contributed by atoms with Gasteiger partial charge in [0, 0.05) is 10.9 Å². The Bertz CT molecular complexity index is 299. The van der Waals surface area contributed by atoms with E-state index in [2.05, 4.69) is 24.1 Å². The second-order valence-corrected chi connectivity index (χ2v) is 5.56. The molecule has 0 saturated heterocycles. The van der Waals surface area contributed by atoms with E-state index in [0.717, 1.165) is 37.5 Å². The van der Waals surface area contributed by atoms with Crippen molar-refractivity contribution in [2.45, 2.75) is 39.3 Å². The standard InChI is InChI=1S/C14H26N2OS/c1-4-16(5-2)10-7-9-15-12(3)14(17)13-8-6-11-18-13/h6,8,11-12,14-15,17H,4-5,7,9-10H2,1-3H3. The van der Waals surface area contributed by atoms with E-state index >= 15 is 0 Å². The first kappa shape index (κ1) is 15.6. The Morgan fingerprint density at radius 2 is 2.11 bits per heavy atom. The van der Waals surface area contributed by atoms with E-state index in [9.17, 15) is 5.11 Å². The molecule has 0 aliphatic rings. The monoisotopic (exact) mass is 270 g/mol. The van der Waals surface area contributed by atoms with E-state index in [1.807, 2.05) is 24.4 Å². The molecule has 4 heteroatoms. The molecule has 0 aromatic carbocycles. The molecule has 0 aliphatic heterocycles. The average Bonchev–Trinajstić information content (AvgIpc) is 2.91. The molecule has 1 rings (SSSR count). The Hall–Kier alpha value is -0.420. The Labute approximate surface area is 115 Å². The normalized spacial score (nSPS) is 14.9. The second-order valence-electron chi connectivity index (χ2n) is 4.58. The third-order valence-electron chi connectivity index (χ3n) is 3.32. The van der Waals surface area contributed by atoms with Crippen LogP contribution >= 0.6 is 11.3 Å². The van der Waals surface area contributed by atoms with Crippen molar-refractivity contribution in [1.82, 2.24) is 10.2 Å². The predicted octanol–water partition coefficient (Wildman–Crippen LogP) is 2.49. The van der Waals surface area contributed by atoms with Crippen LogP contribution in [0.2, 0.25) is 0 Å². The fraction of sp³-hybridized carbons (Fsp3) is 0.714. The van der Waals surface area contributed by atoms with Gasteiger partial charge in [-0.15, -0.1) is 11.3 Å². The summed E-state index contributed by atoms with van der Waals surface area (Å²) in [5, 5.41) is 15.5. The zero-order valence-corrected chi connectivity index (χ0v) is 12.5. The molecule has 2 unspecified atom stereocenters. The van der Waals surface area contributed by atoms with Gasteiger partial charge < -0.3 is 15.3 Å². The highest BCUT2D eigenvalue weighted by atomic mass is 32.1. The number of aliphatic hydroxyl groups is 1. The molecule has 0 saturated carbocycles. The largest absolute Gasteiger partial charge is 0.386 e. The minimum absolute atomic E-state index is 0.111. The molecule has 0 radical (unpaired) electrons. The fourth-order valence-electron chi connectivity index (χ4n) is 1.99. The van der Waals surface area contributed by atoms with Gasteiger partial charge in [0.2, 0.25) is 0 Å². The highest BCUT2D eigenvalue weighted by Crippen LogP contribution is 2.21. The third-order valence-corrected chi connectivity index (χ3v) is 4.26. The fourth-order valence-corrected chi connectivity index (χ4v) is 2.80. The van der Waals surface area contributed by atoms with Gasteiger partial charge in [-0.25, -0.2) is 0 Å². The maximum atomic E-state index is 10.1. The van der Waals surface area contributed by atoms with E-state index in [1.54, 1.807) is 11.3 Å². The number of thiophene rings is 1. The van der Waals surface area contributed by atoms with Crippen molar-refractivity contribution in [1.29, 1.82) is 0 Å². The summed E-state index contributed by atoms with van der Waals surface area (Å²) in [6.07, 6.45) is 0.738. The van der Waals surface area contributed by atoms with Crippen LogP contribution in [0.4, 0.5) is 0 Å². The average molecular weight is 270 g/mol. The van der Waals surface area contributed by atoms with Crippen molar-refractivity contribution in [3.05, 3.63) is 22.4 Å². The van der Waals surface area contributed by atoms with Gasteiger partial charge >= 0.3 is 0 Å². The van der Waals surface area contributed by atoms with Gasteiger partial charge in [0.05, 0.1) is 0 Å². The highest BCUT2D eigenvalue weighted by molar-refractivity contribution is 7.10. The number of rotatable bonds is 9. The van der Waals surface area contributed by atoms with Crippen molar-refractivity contribution >= 4 is 11.3 Å². The van der Waals surface area contributed by atoms with Crippen LogP contribution in [0.3, 0.4) is 0 Å². The molecule has 1 heterocycles. The van der Waals surface area contributed by atoms with Gasteiger partial charge in [-0.05, 0) is 51.0 Å². The Morgan fingerprint density at radius 3 is 2.67 bits per heavy atom. The molecular formula is C14H26N2OS. The van der Waals surface area contributed by atoms with Crippen LogP contribution in [-0.4, -0.2) is 42.2 Å². The molecule has 0 spiro atoms. The first-order valence-corrected chi connectivity index (χ1v) is 7.74. The molecule has 18 heavy (non-hydrogen) atoms. The lowest BCUT2D eigenvalue weighted by Gasteiger charge is -2.21. The number of nitrogens with zero attached hydrogens (tertiary/aromatic N) is 1. The van der Waals surface area contributed by atoms with Crippen LogP contribution in [-0.2, 0) is 0 Å². The number of aliphatic hydroxyl groups excluding tert-OH is 1. The van der Waals surface area contributed by atoms with Gasteiger partial charge in [0.1, 0.15) is 6.10 Å². The van der Waals surface area contributed by atoms with Crippen LogP contribution in [0.25, 0.3) is 0 Å². The van der Waals surface area contributed by atoms with Gasteiger partial charge in [0.15, 0.2) is 0 Å². The zero-order valence-electron chi connectivity index (χ0n) is 11.7. The summed E-state index contributed by atoms with van der Waals surface area (Å²) < 4.78 is 0. The molecule has 1 aromatic rings. The van der Waals surface area contributed by atoms with Gasteiger partial charge in [-0.3, -0.25) is 0 Å². The number of hydrogen-bond acceptors (Lipinski definition) is 4. The van der Waals surface area contributed by atoms with E-state index in [0.29, 0.717) is 0 Å². The first-order valence-electron chi connectivity index (χ1n) is 6.86. The topological polar surface area (TPSA) is 35.5 Å². The first-order chi connectivity index (χ1) is 8.69. The molecule has 0 aliphatic carbocycles. The van der Waals surface area contributed by atoms with E-state index in [4.69, 9.17) is 0 Å². The maximum Gasteiger partial charge on any atom is 0.103 e. The van der Waals surface area contributed by atoms with E-state index < -0.39 is 6.10 Å². The predicted molar refractivity (Wildman–Crippen MR) is 79.1 cm³/mol. The molecule has 0 amide bonds. The van der Waals surface area contributed by atoms with Crippen LogP contribution in [0.5, 0.6) is 0 Å². The summed E-state index contributed by atoms with van der Waals surface area (Å²) in [4.78, 5) is 3.46. The summed E-state index contributed by atoms with van der Waals surface area (Å²) in [6, 6.07) is 4.08. The van der Waals surface area contributed by atoms with Crippen molar-refractivity contribution in [3.63, 3.8) is 0 Å².